The molecule has 0 saturated carbocycles. The summed E-state index contributed by atoms with van der Waals surface area (Å²) in [6.45, 7) is 3.42. The van der Waals surface area contributed by atoms with E-state index in [1.807, 2.05) is 6.92 Å². The van der Waals surface area contributed by atoms with Crippen molar-refractivity contribution in [3.63, 3.8) is 0 Å². The number of nitrogens with one attached hydrogen (secondary N) is 2. The zero-order chi connectivity index (χ0) is 18.4. The number of carbonyl (C=O) groups excluding carboxylic acids is 2. The Bertz CT molecular complexity index is 794. The molecule has 7 heteroatoms. The lowest BCUT2D eigenvalue weighted by molar-refractivity contribution is -0.118. The van der Waals surface area contributed by atoms with E-state index in [4.69, 9.17) is 27.9 Å². The molecule has 0 aliphatic heterocycles. The minimum absolute atomic E-state index is 0.124. The number of benzene rings is 2. The van der Waals surface area contributed by atoms with Crippen LogP contribution in [0.3, 0.4) is 0 Å². The highest BCUT2D eigenvalue weighted by Gasteiger charge is 2.10. The molecule has 5 nitrogen and oxygen atoms in total. The van der Waals surface area contributed by atoms with Gasteiger partial charge in [0, 0.05) is 17.1 Å². The summed E-state index contributed by atoms with van der Waals surface area (Å²) in [6.07, 6.45) is 0.360. The molecule has 132 valence electrons. The van der Waals surface area contributed by atoms with Crippen LogP contribution in [0.1, 0.15) is 18.9 Å². The third kappa shape index (κ3) is 5.66. The van der Waals surface area contributed by atoms with Crippen molar-refractivity contribution in [3.8, 4) is 5.75 Å². The first kappa shape index (κ1) is 19.1. The van der Waals surface area contributed by atoms with Crippen LogP contribution in [0.2, 0.25) is 10.0 Å². The van der Waals surface area contributed by atoms with Gasteiger partial charge in [-0.15, -0.1) is 0 Å². The number of anilines is 2. The van der Waals surface area contributed by atoms with E-state index in [-0.39, 0.29) is 18.4 Å². The number of ether oxygens (including phenoxy) is 1. The summed E-state index contributed by atoms with van der Waals surface area (Å²) in [5.74, 6) is 0.0889. The fourth-order valence-electron chi connectivity index (χ4n) is 2.05. The molecule has 0 saturated heterocycles. The van der Waals surface area contributed by atoms with Crippen LogP contribution in [0.5, 0.6) is 5.75 Å². The van der Waals surface area contributed by atoms with Gasteiger partial charge in [0.1, 0.15) is 5.75 Å². The molecule has 0 aromatic heterocycles. The van der Waals surface area contributed by atoms with Gasteiger partial charge in [0.15, 0.2) is 6.61 Å². The second kappa shape index (κ2) is 8.74. The predicted molar refractivity (Wildman–Crippen MR) is 101 cm³/mol. The zero-order valence-corrected chi connectivity index (χ0v) is 15.4. The fraction of sp³-hybridized carbons (Fsp3) is 0.222. The van der Waals surface area contributed by atoms with Crippen LogP contribution in [-0.4, -0.2) is 18.4 Å². The molecule has 2 amide bonds. The molecular weight excluding hydrogens is 363 g/mol. The average Bonchev–Trinajstić information content (AvgIpc) is 2.57. The molecule has 0 aliphatic rings. The summed E-state index contributed by atoms with van der Waals surface area (Å²) >= 11 is 12.0. The van der Waals surface area contributed by atoms with Gasteiger partial charge in [-0.1, -0.05) is 30.1 Å². The van der Waals surface area contributed by atoms with Crippen molar-refractivity contribution in [1.82, 2.24) is 0 Å². The molecule has 25 heavy (non-hydrogen) atoms. The topological polar surface area (TPSA) is 67.4 Å². The minimum Gasteiger partial charge on any atom is -0.483 e. The second-order valence-corrected chi connectivity index (χ2v) is 6.19. The third-order valence-corrected chi connectivity index (χ3v) is 3.91. The van der Waals surface area contributed by atoms with Gasteiger partial charge in [-0.3, -0.25) is 9.59 Å². The summed E-state index contributed by atoms with van der Waals surface area (Å²) in [5.41, 5.74) is 1.79. The van der Waals surface area contributed by atoms with Gasteiger partial charge in [0.2, 0.25) is 5.91 Å². The van der Waals surface area contributed by atoms with Crippen molar-refractivity contribution in [1.29, 1.82) is 0 Å². The van der Waals surface area contributed by atoms with E-state index < -0.39 is 0 Å². The Morgan fingerprint density at radius 2 is 1.80 bits per heavy atom. The molecule has 0 fully saturated rings. The molecule has 0 aliphatic carbocycles. The van der Waals surface area contributed by atoms with Crippen molar-refractivity contribution in [2.24, 2.45) is 0 Å². The maximum Gasteiger partial charge on any atom is 0.262 e. The molecule has 0 unspecified atom stereocenters. The van der Waals surface area contributed by atoms with E-state index in [9.17, 15) is 9.59 Å². The molecule has 2 aromatic rings. The van der Waals surface area contributed by atoms with Crippen LogP contribution in [0, 0.1) is 6.92 Å². The van der Waals surface area contributed by atoms with Crippen molar-refractivity contribution in [2.75, 3.05) is 17.2 Å². The van der Waals surface area contributed by atoms with Crippen LogP contribution < -0.4 is 15.4 Å². The lowest BCUT2D eigenvalue weighted by Gasteiger charge is -2.12. The quantitative estimate of drug-likeness (QED) is 0.764. The Balaban J connectivity index is 1.99. The fourth-order valence-corrected chi connectivity index (χ4v) is 2.44. The molecule has 0 heterocycles. The maximum absolute atomic E-state index is 12.1. The molecular formula is C18H18Cl2N2O3. The highest BCUT2D eigenvalue weighted by Crippen LogP contribution is 2.26. The van der Waals surface area contributed by atoms with E-state index in [1.165, 1.54) is 0 Å². The van der Waals surface area contributed by atoms with Crippen molar-refractivity contribution in [3.05, 3.63) is 52.0 Å². The summed E-state index contributed by atoms with van der Waals surface area (Å²) in [5, 5.41) is 6.35. The van der Waals surface area contributed by atoms with Gasteiger partial charge in [0.05, 0.1) is 10.7 Å². The smallest absolute Gasteiger partial charge is 0.262 e. The van der Waals surface area contributed by atoms with E-state index in [1.54, 1.807) is 43.3 Å². The monoisotopic (exact) mass is 380 g/mol. The van der Waals surface area contributed by atoms with Crippen molar-refractivity contribution < 1.29 is 14.3 Å². The van der Waals surface area contributed by atoms with Gasteiger partial charge in [-0.2, -0.15) is 0 Å². The molecule has 2 aromatic carbocycles. The van der Waals surface area contributed by atoms with E-state index in [0.29, 0.717) is 33.6 Å². The summed E-state index contributed by atoms with van der Waals surface area (Å²) in [7, 11) is 0. The lowest BCUT2D eigenvalue weighted by atomic mass is 10.2. The van der Waals surface area contributed by atoms with Gasteiger partial charge in [0.25, 0.3) is 5.91 Å². The molecule has 2 N–H and O–H groups in total. The highest BCUT2D eigenvalue weighted by atomic mass is 35.5. The Morgan fingerprint density at radius 1 is 1.04 bits per heavy atom. The SMILES string of the molecule is CCC(=O)Nc1ccc(Cl)c(NC(=O)COc2ccc(Cl)cc2C)c1. The number of carbonyl (C=O) groups is 2. The van der Waals surface area contributed by atoms with Crippen molar-refractivity contribution in [2.45, 2.75) is 20.3 Å². The number of hydrogen-bond acceptors (Lipinski definition) is 3. The number of hydrogen-bond donors (Lipinski definition) is 2. The molecule has 2 rings (SSSR count). The van der Waals surface area contributed by atoms with Crippen LogP contribution >= 0.6 is 23.2 Å². The second-order valence-electron chi connectivity index (χ2n) is 5.34. The number of rotatable bonds is 6. The average molecular weight is 381 g/mol. The zero-order valence-electron chi connectivity index (χ0n) is 13.9. The summed E-state index contributed by atoms with van der Waals surface area (Å²) in [6, 6.07) is 10.0. The van der Waals surface area contributed by atoms with E-state index in [2.05, 4.69) is 10.6 Å². The first-order chi connectivity index (χ1) is 11.9. The summed E-state index contributed by atoms with van der Waals surface area (Å²) < 4.78 is 5.49. The largest absolute Gasteiger partial charge is 0.483 e. The third-order valence-electron chi connectivity index (χ3n) is 3.34. The first-order valence-corrected chi connectivity index (χ1v) is 8.43. The minimum atomic E-state index is -0.366. The number of amides is 2. The van der Waals surface area contributed by atoms with E-state index in [0.717, 1.165) is 5.56 Å². The Morgan fingerprint density at radius 3 is 2.48 bits per heavy atom. The lowest BCUT2D eigenvalue weighted by Crippen LogP contribution is -2.20. The van der Waals surface area contributed by atoms with Crippen LogP contribution in [0.4, 0.5) is 11.4 Å². The van der Waals surface area contributed by atoms with Crippen LogP contribution in [0.15, 0.2) is 36.4 Å². The van der Waals surface area contributed by atoms with Gasteiger partial charge in [-0.25, -0.2) is 0 Å². The van der Waals surface area contributed by atoms with Crippen LogP contribution in [-0.2, 0) is 9.59 Å². The first-order valence-electron chi connectivity index (χ1n) is 7.67. The predicted octanol–water partition coefficient (Wildman–Crippen LogP) is 4.67. The van der Waals surface area contributed by atoms with Crippen LogP contribution in [0.25, 0.3) is 0 Å². The highest BCUT2D eigenvalue weighted by molar-refractivity contribution is 6.34. The number of halogens is 2. The molecule has 0 bridgehead atoms. The van der Waals surface area contributed by atoms with Crippen molar-refractivity contribution >= 4 is 46.4 Å². The maximum atomic E-state index is 12.1. The van der Waals surface area contributed by atoms with Gasteiger partial charge in [-0.05, 0) is 48.9 Å². The normalized spacial score (nSPS) is 10.2. The molecule has 0 spiro atoms. The Hall–Kier alpha value is -2.24. The Kier molecular flexibility index (Phi) is 6.67. The van der Waals surface area contributed by atoms with Gasteiger partial charge >= 0.3 is 0 Å². The molecule has 0 atom stereocenters. The number of aryl methyl sites for hydroxylation is 1. The Labute approximate surface area is 156 Å². The van der Waals surface area contributed by atoms with E-state index >= 15 is 0 Å². The standard InChI is InChI=1S/C18H18Cl2N2O3/c1-3-17(23)21-13-5-6-14(20)15(9-13)22-18(24)10-25-16-7-4-12(19)8-11(16)2/h4-9H,3,10H2,1-2H3,(H,21,23)(H,22,24). The van der Waals surface area contributed by atoms with Gasteiger partial charge < -0.3 is 15.4 Å². The molecule has 0 radical (unpaired) electrons. The summed E-state index contributed by atoms with van der Waals surface area (Å²) in [4.78, 5) is 23.6.